The molecule has 0 amide bonds. The van der Waals surface area contributed by atoms with Crippen molar-refractivity contribution in [2.24, 2.45) is 0 Å². The van der Waals surface area contributed by atoms with Gasteiger partial charge in [-0.1, -0.05) is 13.8 Å². The second-order valence-corrected chi connectivity index (χ2v) is 3.27. The van der Waals surface area contributed by atoms with Gasteiger partial charge in [-0.2, -0.15) is 8.78 Å². The van der Waals surface area contributed by atoms with Gasteiger partial charge in [0.25, 0.3) is 0 Å². The zero-order chi connectivity index (χ0) is 11.9. The predicted octanol–water partition coefficient (Wildman–Crippen LogP) is 1.82. The lowest BCUT2D eigenvalue weighted by atomic mass is 10.3. The highest BCUT2D eigenvalue weighted by atomic mass is 19.3. The van der Waals surface area contributed by atoms with Gasteiger partial charge in [0, 0.05) is 13.1 Å². The zero-order valence-corrected chi connectivity index (χ0v) is 9.07. The Kier molecular flexibility index (Phi) is 6.84. The molecule has 0 atom stereocenters. The van der Waals surface area contributed by atoms with Gasteiger partial charge in [0.2, 0.25) is 0 Å². The fourth-order valence-corrected chi connectivity index (χ4v) is 1.11. The van der Waals surface area contributed by atoms with E-state index in [0.717, 1.165) is 13.1 Å². The molecule has 0 saturated carbocycles. The SMILES string of the molecule is CCN(CC)CCNCC(F)(F)C(F)F. The molecule has 0 unspecified atom stereocenters. The lowest BCUT2D eigenvalue weighted by Crippen LogP contribution is -2.41. The van der Waals surface area contributed by atoms with Crippen LogP contribution < -0.4 is 5.32 Å². The van der Waals surface area contributed by atoms with Crippen molar-refractivity contribution in [3.05, 3.63) is 0 Å². The minimum absolute atomic E-state index is 0.296. The monoisotopic (exact) mass is 230 g/mol. The van der Waals surface area contributed by atoms with Crippen molar-refractivity contribution in [2.45, 2.75) is 26.2 Å². The fraction of sp³-hybridized carbons (Fsp3) is 1.00. The van der Waals surface area contributed by atoms with Crippen LogP contribution in [0.5, 0.6) is 0 Å². The molecule has 0 aliphatic rings. The minimum atomic E-state index is -3.93. The summed E-state index contributed by atoms with van der Waals surface area (Å²) in [5.41, 5.74) is 0. The fourth-order valence-electron chi connectivity index (χ4n) is 1.11. The van der Waals surface area contributed by atoms with Crippen molar-refractivity contribution in [2.75, 3.05) is 32.7 Å². The van der Waals surface area contributed by atoms with Crippen molar-refractivity contribution < 1.29 is 17.6 Å². The van der Waals surface area contributed by atoms with Gasteiger partial charge < -0.3 is 10.2 Å². The Morgan fingerprint density at radius 1 is 1.20 bits per heavy atom. The van der Waals surface area contributed by atoms with Crippen LogP contribution in [0.25, 0.3) is 0 Å². The molecule has 0 aromatic carbocycles. The molecule has 0 radical (unpaired) electrons. The molecule has 0 heterocycles. The van der Waals surface area contributed by atoms with Crippen molar-refractivity contribution in [1.82, 2.24) is 10.2 Å². The van der Waals surface area contributed by atoms with Gasteiger partial charge in [0.1, 0.15) is 0 Å². The quantitative estimate of drug-likeness (QED) is 0.505. The Labute approximate surface area is 87.6 Å². The van der Waals surface area contributed by atoms with Crippen LogP contribution in [0.4, 0.5) is 17.6 Å². The van der Waals surface area contributed by atoms with Gasteiger partial charge in [-0.25, -0.2) is 8.78 Å². The molecule has 0 fully saturated rings. The standard InChI is InChI=1S/C9H18F4N2/c1-3-15(4-2)6-5-14-7-9(12,13)8(10)11/h8,14H,3-7H2,1-2H3. The lowest BCUT2D eigenvalue weighted by molar-refractivity contribution is -0.125. The van der Waals surface area contributed by atoms with Crippen LogP contribution in [0.3, 0.4) is 0 Å². The Balaban J connectivity index is 3.62. The number of hydrogen-bond donors (Lipinski definition) is 1. The molecule has 0 aromatic rings. The first-order chi connectivity index (χ1) is 6.94. The predicted molar refractivity (Wildman–Crippen MR) is 51.6 cm³/mol. The van der Waals surface area contributed by atoms with Crippen molar-refractivity contribution in [3.8, 4) is 0 Å². The third-order valence-corrected chi connectivity index (χ3v) is 2.18. The number of likely N-dealkylation sites (N-methyl/N-ethyl adjacent to an activating group) is 1. The number of halogens is 4. The normalized spacial score (nSPS) is 12.8. The molecule has 1 N–H and O–H groups in total. The maximum Gasteiger partial charge on any atom is 0.319 e. The maximum atomic E-state index is 12.4. The molecule has 0 aliphatic carbocycles. The van der Waals surface area contributed by atoms with Gasteiger partial charge >= 0.3 is 12.3 Å². The molecule has 0 bridgehead atoms. The molecule has 6 heteroatoms. The summed E-state index contributed by atoms with van der Waals surface area (Å²) in [4.78, 5) is 2.02. The van der Waals surface area contributed by atoms with E-state index in [2.05, 4.69) is 5.32 Å². The van der Waals surface area contributed by atoms with E-state index >= 15 is 0 Å². The highest BCUT2D eigenvalue weighted by molar-refractivity contribution is 4.72. The van der Waals surface area contributed by atoms with Gasteiger partial charge in [-0.3, -0.25) is 0 Å². The maximum absolute atomic E-state index is 12.4. The summed E-state index contributed by atoms with van der Waals surface area (Å²) in [6.07, 6.45) is -3.60. The number of nitrogens with zero attached hydrogens (tertiary/aromatic N) is 1. The molecule has 0 saturated heterocycles. The summed E-state index contributed by atoms with van der Waals surface area (Å²) in [6, 6.07) is 0. The summed E-state index contributed by atoms with van der Waals surface area (Å²) >= 11 is 0. The Hall–Kier alpha value is -0.360. The van der Waals surface area contributed by atoms with Crippen LogP contribution in [0, 0.1) is 0 Å². The van der Waals surface area contributed by atoms with Crippen molar-refractivity contribution in [1.29, 1.82) is 0 Å². The van der Waals surface area contributed by atoms with E-state index in [4.69, 9.17) is 0 Å². The summed E-state index contributed by atoms with van der Waals surface area (Å²) < 4.78 is 48.3. The molecule has 15 heavy (non-hydrogen) atoms. The Morgan fingerprint density at radius 3 is 2.13 bits per heavy atom. The van der Waals surface area contributed by atoms with Crippen LogP contribution >= 0.6 is 0 Å². The second kappa shape index (κ2) is 7.00. The van der Waals surface area contributed by atoms with Gasteiger partial charge in [-0.05, 0) is 13.1 Å². The lowest BCUT2D eigenvalue weighted by Gasteiger charge is -2.20. The van der Waals surface area contributed by atoms with E-state index in [0.29, 0.717) is 13.1 Å². The average Bonchev–Trinajstić information content (AvgIpc) is 2.18. The number of nitrogens with one attached hydrogen (secondary N) is 1. The molecule has 0 rings (SSSR count). The third kappa shape index (κ3) is 5.94. The molecular weight excluding hydrogens is 212 g/mol. The highest BCUT2D eigenvalue weighted by Crippen LogP contribution is 2.21. The molecule has 0 aromatic heterocycles. The molecule has 0 aliphatic heterocycles. The first kappa shape index (κ1) is 14.6. The summed E-state index contributed by atoms with van der Waals surface area (Å²) in [7, 11) is 0. The van der Waals surface area contributed by atoms with E-state index in [1.807, 2.05) is 18.7 Å². The van der Waals surface area contributed by atoms with E-state index in [1.165, 1.54) is 0 Å². The largest absolute Gasteiger partial charge is 0.319 e. The Bertz CT molecular complexity index is 160. The number of hydrogen-bond acceptors (Lipinski definition) is 2. The Morgan fingerprint density at radius 2 is 1.73 bits per heavy atom. The van der Waals surface area contributed by atoms with Gasteiger partial charge in [0.15, 0.2) is 0 Å². The first-order valence-electron chi connectivity index (χ1n) is 5.03. The summed E-state index contributed by atoms with van der Waals surface area (Å²) in [6.45, 7) is 5.48. The van der Waals surface area contributed by atoms with Gasteiger partial charge in [0.05, 0.1) is 6.54 Å². The van der Waals surface area contributed by atoms with Crippen molar-refractivity contribution in [3.63, 3.8) is 0 Å². The van der Waals surface area contributed by atoms with Crippen LogP contribution in [-0.2, 0) is 0 Å². The minimum Gasteiger partial charge on any atom is -0.310 e. The van der Waals surface area contributed by atoms with Crippen LogP contribution in [-0.4, -0.2) is 50.0 Å². The average molecular weight is 230 g/mol. The van der Waals surface area contributed by atoms with E-state index in [-0.39, 0.29) is 0 Å². The topological polar surface area (TPSA) is 15.3 Å². The number of rotatable bonds is 8. The van der Waals surface area contributed by atoms with Crippen molar-refractivity contribution >= 4 is 0 Å². The third-order valence-electron chi connectivity index (χ3n) is 2.18. The number of alkyl halides is 4. The zero-order valence-electron chi connectivity index (χ0n) is 9.07. The molecular formula is C9H18F4N2. The first-order valence-corrected chi connectivity index (χ1v) is 5.03. The highest BCUT2D eigenvalue weighted by Gasteiger charge is 2.39. The van der Waals surface area contributed by atoms with Crippen LogP contribution in [0.1, 0.15) is 13.8 Å². The van der Waals surface area contributed by atoms with E-state index in [1.54, 1.807) is 0 Å². The second-order valence-electron chi connectivity index (χ2n) is 3.27. The summed E-state index contributed by atoms with van der Waals surface area (Å²) in [5.74, 6) is -3.93. The van der Waals surface area contributed by atoms with E-state index in [9.17, 15) is 17.6 Å². The van der Waals surface area contributed by atoms with Gasteiger partial charge in [-0.15, -0.1) is 0 Å². The van der Waals surface area contributed by atoms with E-state index < -0.39 is 18.9 Å². The molecule has 2 nitrogen and oxygen atoms in total. The molecule has 92 valence electrons. The summed E-state index contributed by atoms with van der Waals surface area (Å²) in [5, 5.41) is 2.33. The smallest absolute Gasteiger partial charge is 0.310 e. The van der Waals surface area contributed by atoms with Crippen LogP contribution in [0.15, 0.2) is 0 Å². The van der Waals surface area contributed by atoms with Crippen LogP contribution in [0.2, 0.25) is 0 Å². The molecule has 0 spiro atoms.